The highest BCUT2D eigenvalue weighted by atomic mass is 35.5. The molecule has 1 aromatic heterocycles. The molecule has 1 aromatic rings. The molecule has 0 saturated heterocycles. The normalized spacial score (nSPS) is 19.6. The third-order valence-corrected chi connectivity index (χ3v) is 5.86. The van der Waals surface area contributed by atoms with Crippen LogP contribution in [0.1, 0.15) is 0 Å². The Morgan fingerprint density at radius 2 is 2.25 bits per heavy atom. The van der Waals surface area contributed by atoms with Crippen LogP contribution in [0.3, 0.4) is 0 Å². The van der Waals surface area contributed by atoms with Gasteiger partial charge in [-0.3, -0.25) is 0 Å². The summed E-state index contributed by atoms with van der Waals surface area (Å²) >= 11 is 11.6. The Bertz CT molecular complexity index is 578. The minimum Gasteiger partial charge on any atom is -0.221 e. The van der Waals surface area contributed by atoms with Gasteiger partial charge >= 0.3 is 0 Å². The van der Waals surface area contributed by atoms with Gasteiger partial charge in [0.15, 0.2) is 20.7 Å². The number of allylic oxidation sites excluding steroid dienone is 2. The van der Waals surface area contributed by atoms with Gasteiger partial charge in [-0.05, 0) is 21.1 Å². The number of halogens is 2. The molecule has 0 fully saturated rings. The number of rotatable bonds is 1. The lowest BCUT2D eigenvalue weighted by Crippen LogP contribution is -1.98. The summed E-state index contributed by atoms with van der Waals surface area (Å²) in [6, 6.07) is 1.98. The summed E-state index contributed by atoms with van der Waals surface area (Å²) in [6.45, 7) is 0. The van der Waals surface area contributed by atoms with Gasteiger partial charge in [-0.25, -0.2) is 4.99 Å². The third-order valence-electron chi connectivity index (χ3n) is 1.37. The summed E-state index contributed by atoms with van der Waals surface area (Å²) < 4.78 is 8.27. The summed E-state index contributed by atoms with van der Waals surface area (Å²) in [5, 5.41) is 9.59. The van der Waals surface area contributed by atoms with Gasteiger partial charge in [0.1, 0.15) is 6.07 Å². The molecule has 16 heavy (non-hydrogen) atoms. The van der Waals surface area contributed by atoms with Crippen LogP contribution in [-0.4, -0.2) is 9.54 Å². The Morgan fingerprint density at radius 3 is 2.75 bits per heavy atom. The van der Waals surface area contributed by atoms with Crippen LogP contribution in [0.25, 0.3) is 0 Å². The SMILES string of the molecule is N#C/C(N=c1ssnc1Cl)=C1/SSN=C1Cl. The number of nitrogens with zero attached hydrogens (tertiary/aromatic N) is 4. The van der Waals surface area contributed by atoms with Gasteiger partial charge in [0, 0.05) is 10.5 Å². The number of nitriles is 1. The molecule has 2 rings (SSSR count). The van der Waals surface area contributed by atoms with E-state index in [1.54, 1.807) is 0 Å². The summed E-state index contributed by atoms with van der Waals surface area (Å²) in [5.74, 6) is 0. The Labute approximate surface area is 116 Å². The van der Waals surface area contributed by atoms with E-state index < -0.39 is 0 Å². The van der Waals surface area contributed by atoms with Gasteiger partial charge in [-0.2, -0.15) is 14.0 Å². The molecule has 2 heterocycles. The van der Waals surface area contributed by atoms with E-state index in [1.165, 1.54) is 42.7 Å². The second-order valence-corrected chi connectivity index (χ2v) is 6.69. The van der Waals surface area contributed by atoms with Crippen LogP contribution in [0.15, 0.2) is 20.0 Å². The Balaban J connectivity index is 2.52. The average Bonchev–Trinajstić information content (AvgIpc) is 2.85. The largest absolute Gasteiger partial charge is 0.221 e. The van der Waals surface area contributed by atoms with Gasteiger partial charge < -0.3 is 0 Å². The zero-order valence-electron chi connectivity index (χ0n) is 7.18. The molecule has 0 atom stereocenters. The number of hydrogen-bond donors (Lipinski definition) is 0. The molecule has 0 radical (unpaired) electrons. The van der Waals surface area contributed by atoms with E-state index in [1.807, 2.05) is 6.07 Å². The molecule has 1 aliphatic rings. The van der Waals surface area contributed by atoms with E-state index in [4.69, 9.17) is 28.5 Å². The highest BCUT2D eigenvalue weighted by Crippen LogP contribution is 2.42. The third kappa shape index (κ3) is 2.61. The quantitative estimate of drug-likeness (QED) is 0.450. The van der Waals surface area contributed by atoms with Crippen molar-refractivity contribution in [2.45, 2.75) is 0 Å². The van der Waals surface area contributed by atoms with E-state index in [9.17, 15) is 0 Å². The molecule has 0 aromatic carbocycles. The molecular formula is C6Cl2N4S4. The van der Waals surface area contributed by atoms with Crippen molar-refractivity contribution in [1.82, 2.24) is 4.37 Å². The van der Waals surface area contributed by atoms with Crippen molar-refractivity contribution in [2.24, 2.45) is 9.39 Å². The van der Waals surface area contributed by atoms with Crippen molar-refractivity contribution in [2.75, 3.05) is 0 Å². The average molecular weight is 327 g/mol. The highest BCUT2D eigenvalue weighted by Gasteiger charge is 2.18. The predicted octanol–water partition coefficient (Wildman–Crippen LogP) is 3.44. The first-order valence-corrected chi connectivity index (χ1v) is 8.57. The zero-order chi connectivity index (χ0) is 11.5. The number of hydrogen-bond acceptors (Lipinski definition) is 8. The lowest BCUT2D eigenvalue weighted by molar-refractivity contribution is 1.29. The first-order valence-electron chi connectivity index (χ1n) is 3.60. The Kier molecular flexibility index (Phi) is 4.29. The highest BCUT2D eigenvalue weighted by molar-refractivity contribution is 8.78. The maximum absolute atomic E-state index is 9.00. The van der Waals surface area contributed by atoms with Crippen molar-refractivity contribution in [3.8, 4) is 6.07 Å². The lowest BCUT2D eigenvalue weighted by atomic mass is 10.4. The Hall–Kier alpha value is -0.0400. The van der Waals surface area contributed by atoms with E-state index in [0.717, 1.165) is 0 Å². The van der Waals surface area contributed by atoms with Crippen molar-refractivity contribution < 1.29 is 0 Å². The topological polar surface area (TPSA) is 61.4 Å². The van der Waals surface area contributed by atoms with Gasteiger partial charge in [0.05, 0.1) is 15.9 Å². The molecule has 1 aliphatic heterocycles. The molecule has 82 valence electrons. The van der Waals surface area contributed by atoms with Crippen LogP contribution in [0, 0.1) is 11.3 Å². The second kappa shape index (κ2) is 5.53. The lowest BCUT2D eigenvalue weighted by Gasteiger charge is -1.93. The molecule has 0 unspecified atom stereocenters. The molecule has 10 heteroatoms. The first kappa shape index (κ1) is 12.4. The molecule has 0 bridgehead atoms. The predicted molar refractivity (Wildman–Crippen MR) is 71.7 cm³/mol. The van der Waals surface area contributed by atoms with Crippen LogP contribution < -0.4 is 4.67 Å². The number of aromatic nitrogens is 1. The second-order valence-electron chi connectivity index (χ2n) is 2.29. The maximum atomic E-state index is 9.00. The van der Waals surface area contributed by atoms with Crippen molar-refractivity contribution >= 4 is 71.0 Å². The van der Waals surface area contributed by atoms with Crippen LogP contribution in [0.5, 0.6) is 0 Å². The van der Waals surface area contributed by atoms with E-state index in [2.05, 4.69) is 13.8 Å². The minimum absolute atomic E-state index is 0.210. The van der Waals surface area contributed by atoms with Crippen LogP contribution >= 0.6 is 65.9 Å². The van der Waals surface area contributed by atoms with E-state index in [0.29, 0.717) is 19.9 Å². The molecule has 4 nitrogen and oxygen atoms in total. The monoisotopic (exact) mass is 326 g/mol. The van der Waals surface area contributed by atoms with E-state index in [-0.39, 0.29) is 5.70 Å². The van der Waals surface area contributed by atoms with Gasteiger partial charge in [-0.1, -0.05) is 23.2 Å². The molecule has 0 aliphatic carbocycles. The van der Waals surface area contributed by atoms with Crippen LogP contribution in [-0.2, 0) is 0 Å². The van der Waals surface area contributed by atoms with Crippen LogP contribution in [0.4, 0.5) is 0 Å². The van der Waals surface area contributed by atoms with E-state index >= 15 is 0 Å². The fraction of sp³-hybridized carbons (Fsp3) is 0. The minimum atomic E-state index is 0.210. The zero-order valence-corrected chi connectivity index (χ0v) is 12.0. The smallest absolute Gasteiger partial charge is 0.179 e. The molecule has 0 spiro atoms. The van der Waals surface area contributed by atoms with Crippen LogP contribution in [0.2, 0.25) is 5.15 Å². The van der Waals surface area contributed by atoms with Crippen molar-refractivity contribution in [3.63, 3.8) is 0 Å². The fourth-order valence-corrected chi connectivity index (χ4v) is 4.94. The molecule has 0 N–H and O–H groups in total. The summed E-state index contributed by atoms with van der Waals surface area (Å²) in [6.07, 6.45) is 0. The van der Waals surface area contributed by atoms with Crippen molar-refractivity contribution in [1.29, 1.82) is 5.26 Å². The maximum Gasteiger partial charge on any atom is 0.179 e. The summed E-state index contributed by atoms with van der Waals surface area (Å²) in [4.78, 5) is 4.68. The van der Waals surface area contributed by atoms with Gasteiger partial charge in [0.25, 0.3) is 0 Å². The Morgan fingerprint density at radius 1 is 1.44 bits per heavy atom. The summed E-state index contributed by atoms with van der Waals surface area (Å²) in [5.41, 5.74) is 0.210. The molecular weight excluding hydrogens is 327 g/mol. The fourth-order valence-electron chi connectivity index (χ4n) is 0.755. The van der Waals surface area contributed by atoms with Gasteiger partial charge in [-0.15, -0.1) is 0 Å². The standard InChI is InChI=1S/C6Cl2N4S4/c7-4-3(13-15-11-4)2(1-9)10-6-5(8)12-16-14-6/b3-2-,10-6?. The summed E-state index contributed by atoms with van der Waals surface area (Å²) in [7, 11) is 5.03. The molecule has 0 amide bonds. The van der Waals surface area contributed by atoms with Gasteiger partial charge in [0.2, 0.25) is 0 Å². The molecule has 0 saturated carbocycles. The van der Waals surface area contributed by atoms with Crippen molar-refractivity contribution in [3.05, 3.63) is 20.4 Å². The first-order chi connectivity index (χ1) is 7.72.